The zero-order valence-corrected chi connectivity index (χ0v) is 12.2. The lowest BCUT2D eigenvalue weighted by atomic mass is 10.2. The van der Waals surface area contributed by atoms with Crippen molar-refractivity contribution in [2.75, 3.05) is 0 Å². The summed E-state index contributed by atoms with van der Waals surface area (Å²) in [5.74, 6) is 0. The number of amides is 1. The maximum absolute atomic E-state index is 11.3. The van der Waals surface area contributed by atoms with Gasteiger partial charge in [0.25, 0.3) is 0 Å². The summed E-state index contributed by atoms with van der Waals surface area (Å²) in [4.78, 5) is 11.3. The molecule has 17 heavy (non-hydrogen) atoms. The van der Waals surface area contributed by atoms with Crippen molar-refractivity contribution in [2.45, 2.75) is 26.4 Å². The van der Waals surface area contributed by atoms with E-state index in [1.165, 1.54) is 0 Å². The minimum atomic E-state index is -0.556. The molecule has 0 unspecified atom stereocenters. The van der Waals surface area contributed by atoms with Gasteiger partial charge in [-0.15, -0.1) is 0 Å². The molecule has 0 fully saturated rings. The molecule has 0 aliphatic rings. The van der Waals surface area contributed by atoms with Gasteiger partial charge in [0.05, 0.1) is 6.21 Å². The lowest BCUT2D eigenvalue weighted by molar-refractivity contribution is 0.0529. The molecule has 1 aromatic rings. The molecule has 0 radical (unpaired) electrons. The van der Waals surface area contributed by atoms with E-state index in [1.807, 2.05) is 24.3 Å². The summed E-state index contributed by atoms with van der Waals surface area (Å²) in [5, 5.41) is 3.80. The van der Waals surface area contributed by atoms with Crippen molar-refractivity contribution in [1.82, 2.24) is 5.43 Å². The zero-order valence-electron chi connectivity index (χ0n) is 10.0. The predicted molar refractivity (Wildman–Crippen MR) is 76.1 cm³/mol. The van der Waals surface area contributed by atoms with Gasteiger partial charge in [0.1, 0.15) is 5.60 Å². The van der Waals surface area contributed by atoms with Crippen molar-refractivity contribution < 1.29 is 9.53 Å². The first-order valence-corrected chi connectivity index (χ1v) is 6.22. The first kappa shape index (κ1) is 14.0. The van der Waals surface area contributed by atoms with Crippen molar-refractivity contribution in [1.29, 1.82) is 0 Å². The van der Waals surface area contributed by atoms with Crippen molar-refractivity contribution in [3.8, 4) is 0 Å². The van der Waals surface area contributed by atoms with Gasteiger partial charge in [-0.3, -0.25) is 0 Å². The Labute approximate surface area is 115 Å². The van der Waals surface area contributed by atoms with E-state index in [0.29, 0.717) is 0 Å². The number of carbonyl (C=O) groups excluding carboxylic acids is 1. The quantitative estimate of drug-likeness (QED) is 0.508. The van der Waals surface area contributed by atoms with Gasteiger partial charge in [-0.05, 0) is 61.1 Å². The number of rotatable bonds is 2. The fraction of sp³-hybridized carbons (Fsp3) is 0.333. The fourth-order valence-electron chi connectivity index (χ4n) is 1.01. The molecule has 0 heterocycles. The van der Waals surface area contributed by atoms with Crippen LogP contribution in [0.2, 0.25) is 0 Å². The Morgan fingerprint density at radius 2 is 1.94 bits per heavy atom. The van der Waals surface area contributed by atoms with Gasteiger partial charge >= 0.3 is 6.09 Å². The van der Waals surface area contributed by atoms with Crippen molar-refractivity contribution in [2.24, 2.45) is 5.10 Å². The van der Waals surface area contributed by atoms with Crippen molar-refractivity contribution in [3.05, 3.63) is 33.4 Å². The molecule has 0 aromatic heterocycles. The Hall–Kier alpha value is -1.11. The minimum absolute atomic E-state index is 0.511. The molecule has 0 saturated heterocycles. The summed E-state index contributed by atoms with van der Waals surface area (Å²) >= 11 is 2.23. The van der Waals surface area contributed by atoms with Gasteiger partial charge in [0, 0.05) is 3.57 Å². The molecule has 92 valence electrons. The van der Waals surface area contributed by atoms with E-state index in [9.17, 15) is 4.79 Å². The second kappa shape index (κ2) is 6.00. The maximum Gasteiger partial charge on any atom is 0.428 e. The highest BCUT2D eigenvalue weighted by molar-refractivity contribution is 14.1. The standard InChI is InChI=1S/C12H15IN2O2/c1-12(2,3)17-11(16)15-14-8-9-4-6-10(13)7-5-9/h4-8H,1-3H3,(H,15,16)/b14-8+. The summed E-state index contributed by atoms with van der Waals surface area (Å²) in [7, 11) is 0. The van der Waals surface area contributed by atoms with Crippen LogP contribution in [0.25, 0.3) is 0 Å². The number of hydrogen-bond donors (Lipinski definition) is 1. The van der Waals surface area contributed by atoms with Crippen LogP contribution in [-0.4, -0.2) is 17.9 Å². The van der Waals surface area contributed by atoms with Crippen LogP contribution >= 0.6 is 22.6 Å². The van der Waals surface area contributed by atoms with E-state index in [4.69, 9.17) is 4.74 Å². The van der Waals surface area contributed by atoms with Crippen LogP contribution in [0.3, 0.4) is 0 Å². The van der Waals surface area contributed by atoms with Crippen molar-refractivity contribution in [3.63, 3.8) is 0 Å². The lowest BCUT2D eigenvalue weighted by Gasteiger charge is -2.18. The number of benzene rings is 1. The predicted octanol–water partition coefficient (Wildman–Crippen LogP) is 3.15. The Morgan fingerprint density at radius 1 is 1.35 bits per heavy atom. The van der Waals surface area contributed by atoms with Crippen LogP contribution in [0.1, 0.15) is 26.3 Å². The number of carbonyl (C=O) groups is 1. The van der Waals surface area contributed by atoms with E-state index >= 15 is 0 Å². The molecule has 0 aliphatic carbocycles. The monoisotopic (exact) mass is 346 g/mol. The molecule has 0 atom stereocenters. The van der Waals surface area contributed by atoms with E-state index in [1.54, 1.807) is 27.0 Å². The van der Waals surface area contributed by atoms with E-state index < -0.39 is 11.7 Å². The molecule has 1 N–H and O–H groups in total. The highest BCUT2D eigenvalue weighted by Crippen LogP contribution is 2.06. The van der Waals surface area contributed by atoms with Gasteiger partial charge < -0.3 is 4.74 Å². The summed E-state index contributed by atoms with van der Waals surface area (Å²) in [6.07, 6.45) is 1.01. The Bertz CT molecular complexity index is 408. The van der Waals surface area contributed by atoms with Gasteiger partial charge in [-0.25, -0.2) is 10.2 Å². The molecule has 1 rings (SSSR count). The Balaban J connectivity index is 2.45. The number of nitrogens with zero attached hydrogens (tertiary/aromatic N) is 1. The number of hydrogen-bond acceptors (Lipinski definition) is 3. The average molecular weight is 346 g/mol. The molecule has 0 spiro atoms. The SMILES string of the molecule is CC(C)(C)OC(=O)N/N=C/c1ccc(I)cc1. The fourth-order valence-corrected chi connectivity index (χ4v) is 1.37. The highest BCUT2D eigenvalue weighted by Gasteiger charge is 2.15. The minimum Gasteiger partial charge on any atom is -0.443 e. The largest absolute Gasteiger partial charge is 0.443 e. The zero-order chi connectivity index (χ0) is 12.9. The molecule has 5 heteroatoms. The molecule has 1 aromatic carbocycles. The van der Waals surface area contributed by atoms with E-state index in [2.05, 4.69) is 33.1 Å². The first-order valence-electron chi connectivity index (χ1n) is 5.14. The third-order valence-electron chi connectivity index (χ3n) is 1.64. The van der Waals surface area contributed by atoms with E-state index in [-0.39, 0.29) is 0 Å². The smallest absolute Gasteiger partial charge is 0.428 e. The van der Waals surface area contributed by atoms with Crippen LogP contribution in [-0.2, 0) is 4.74 Å². The molecule has 0 aliphatic heterocycles. The van der Waals surface area contributed by atoms with Gasteiger partial charge in [0.2, 0.25) is 0 Å². The van der Waals surface area contributed by atoms with E-state index in [0.717, 1.165) is 9.13 Å². The highest BCUT2D eigenvalue weighted by atomic mass is 127. The topological polar surface area (TPSA) is 50.7 Å². The third kappa shape index (κ3) is 6.25. The maximum atomic E-state index is 11.3. The number of ether oxygens (including phenoxy) is 1. The van der Waals surface area contributed by atoms with Gasteiger partial charge in [-0.1, -0.05) is 12.1 Å². The third-order valence-corrected chi connectivity index (χ3v) is 2.36. The van der Waals surface area contributed by atoms with Crippen LogP contribution in [0.4, 0.5) is 4.79 Å². The molecule has 4 nitrogen and oxygen atoms in total. The second-order valence-electron chi connectivity index (χ2n) is 4.42. The molecular weight excluding hydrogens is 331 g/mol. The Kier molecular flexibility index (Phi) is 4.92. The van der Waals surface area contributed by atoms with Crippen LogP contribution < -0.4 is 5.43 Å². The lowest BCUT2D eigenvalue weighted by Crippen LogP contribution is -2.29. The van der Waals surface area contributed by atoms with Crippen molar-refractivity contribution >= 4 is 34.9 Å². The molecular formula is C12H15IN2O2. The summed E-state index contributed by atoms with van der Waals surface area (Å²) in [6.45, 7) is 5.40. The van der Waals surface area contributed by atoms with Crippen LogP contribution in [0, 0.1) is 3.57 Å². The van der Waals surface area contributed by atoms with Gasteiger partial charge in [-0.2, -0.15) is 5.10 Å². The molecule has 0 bridgehead atoms. The van der Waals surface area contributed by atoms with Gasteiger partial charge in [0.15, 0.2) is 0 Å². The van der Waals surface area contributed by atoms with Crippen LogP contribution in [0.15, 0.2) is 29.4 Å². The average Bonchev–Trinajstić information content (AvgIpc) is 2.18. The summed E-state index contributed by atoms with van der Waals surface area (Å²) < 4.78 is 6.18. The first-order chi connectivity index (χ1) is 7.87. The van der Waals surface area contributed by atoms with Crippen LogP contribution in [0.5, 0.6) is 0 Å². The summed E-state index contributed by atoms with van der Waals surface area (Å²) in [5.41, 5.74) is 2.72. The molecule has 0 saturated carbocycles. The number of halogens is 1. The number of nitrogens with one attached hydrogen (secondary N) is 1. The molecule has 1 amide bonds. The normalized spacial score (nSPS) is 11.5. The Morgan fingerprint density at radius 3 is 2.47 bits per heavy atom. The summed E-state index contributed by atoms with van der Waals surface area (Å²) in [6, 6.07) is 7.77. The second-order valence-corrected chi connectivity index (χ2v) is 5.67. The number of hydrazone groups is 1.